The van der Waals surface area contributed by atoms with Gasteiger partial charge in [-0.15, -0.1) is 0 Å². The van der Waals surface area contributed by atoms with E-state index in [0.29, 0.717) is 18.9 Å². The van der Waals surface area contributed by atoms with E-state index in [-0.39, 0.29) is 11.6 Å². The molecule has 0 unspecified atom stereocenters. The van der Waals surface area contributed by atoms with Gasteiger partial charge >= 0.3 is 0 Å². The maximum atomic E-state index is 12.7. The molecule has 1 aromatic rings. The van der Waals surface area contributed by atoms with Crippen LogP contribution in [0.5, 0.6) is 0 Å². The van der Waals surface area contributed by atoms with Crippen molar-refractivity contribution in [1.29, 1.82) is 0 Å². The van der Waals surface area contributed by atoms with Gasteiger partial charge in [0.2, 0.25) is 0 Å². The summed E-state index contributed by atoms with van der Waals surface area (Å²) in [5.74, 6) is 0.563. The van der Waals surface area contributed by atoms with Crippen LogP contribution in [-0.4, -0.2) is 30.8 Å². The van der Waals surface area contributed by atoms with Gasteiger partial charge < -0.3 is 0 Å². The van der Waals surface area contributed by atoms with Gasteiger partial charge in [-0.1, -0.05) is 26.0 Å². The summed E-state index contributed by atoms with van der Waals surface area (Å²) in [6.07, 6.45) is 1.48. The monoisotopic (exact) mass is 251 g/mol. The van der Waals surface area contributed by atoms with Crippen LogP contribution in [0.25, 0.3) is 0 Å². The first-order chi connectivity index (χ1) is 8.47. The van der Waals surface area contributed by atoms with E-state index >= 15 is 0 Å². The lowest BCUT2D eigenvalue weighted by molar-refractivity contribution is -0.119. The average Bonchev–Trinajstić information content (AvgIpc) is 2.29. The number of benzene rings is 1. The van der Waals surface area contributed by atoms with Gasteiger partial charge in [-0.3, -0.25) is 9.69 Å². The van der Waals surface area contributed by atoms with Crippen molar-refractivity contribution >= 4 is 5.78 Å². The van der Waals surface area contributed by atoms with Crippen LogP contribution in [0.4, 0.5) is 4.39 Å². The predicted molar refractivity (Wildman–Crippen MR) is 72.1 cm³/mol. The van der Waals surface area contributed by atoms with Crippen LogP contribution in [0.15, 0.2) is 24.3 Å². The van der Waals surface area contributed by atoms with Crippen molar-refractivity contribution in [1.82, 2.24) is 4.90 Å². The van der Waals surface area contributed by atoms with Gasteiger partial charge in [-0.05, 0) is 43.6 Å². The minimum atomic E-state index is -0.264. The molecule has 0 saturated heterocycles. The Morgan fingerprint density at radius 3 is 2.44 bits per heavy atom. The van der Waals surface area contributed by atoms with Crippen LogP contribution >= 0.6 is 0 Å². The summed E-state index contributed by atoms with van der Waals surface area (Å²) in [5.41, 5.74) is 0.874. The molecule has 0 atom stereocenters. The molecule has 0 N–H and O–H groups in total. The van der Waals surface area contributed by atoms with E-state index in [1.54, 1.807) is 12.1 Å². The third-order valence-electron chi connectivity index (χ3n) is 2.85. The average molecular weight is 251 g/mol. The molecule has 3 heteroatoms. The third kappa shape index (κ3) is 5.92. The van der Waals surface area contributed by atoms with Gasteiger partial charge in [0.05, 0.1) is 6.54 Å². The lowest BCUT2D eigenvalue weighted by Gasteiger charge is -2.16. The molecule has 0 heterocycles. The van der Waals surface area contributed by atoms with Gasteiger partial charge in [-0.25, -0.2) is 4.39 Å². The van der Waals surface area contributed by atoms with E-state index in [1.165, 1.54) is 12.1 Å². The third-order valence-corrected chi connectivity index (χ3v) is 2.85. The number of carbonyl (C=O) groups is 1. The molecule has 1 rings (SSSR count). The van der Waals surface area contributed by atoms with E-state index in [0.717, 1.165) is 18.5 Å². The first-order valence-corrected chi connectivity index (χ1v) is 6.42. The molecule has 0 aromatic heterocycles. The Hall–Kier alpha value is -1.22. The maximum absolute atomic E-state index is 12.7. The molecule has 0 aliphatic rings. The second kappa shape index (κ2) is 7.27. The molecule has 100 valence electrons. The summed E-state index contributed by atoms with van der Waals surface area (Å²) in [6.45, 7) is 5.75. The van der Waals surface area contributed by atoms with Crippen molar-refractivity contribution in [3.8, 4) is 0 Å². The van der Waals surface area contributed by atoms with E-state index in [2.05, 4.69) is 13.8 Å². The van der Waals surface area contributed by atoms with Crippen molar-refractivity contribution in [3.63, 3.8) is 0 Å². The number of Topliss-reactive ketones (excluding diaryl/α,β-unsaturated/α-hetero) is 1. The van der Waals surface area contributed by atoms with Gasteiger partial charge in [0.15, 0.2) is 5.78 Å². The zero-order valence-corrected chi connectivity index (χ0v) is 11.4. The fourth-order valence-electron chi connectivity index (χ4n) is 1.74. The van der Waals surface area contributed by atoms with E-state index < -0.39 is 0 Å². The summed E-state index contributed by atoms with van der Waals surface area (Å²) in [4.78, 5) is 13.9. The summed E-state index contributed by atoms with van der Waals surface area (Å²) < 4.78 is 12.7. The number of carbonyl (C=O) groups excluding carboxylic acids is 1. The molecular formula is C15H22FNO. The number of hydrogen-bond acceptors (Lipinski definition) is 2. The molecule has 1 aromatic carbocycles. The molecule has 0 aliphatic carbocycles. The van der Waals surface area contributed by atoms with E-state index in [9.17, 15) is 9.18 Å². The molecule has 0 radical (unpaired) electrons. The minimum Gasteiger partial charge on any atom is -0.299 e. The SMILES string of the molecule is CC(C)CCN(C)CC(=O)Cc1ccc(F)cc1. The second-order valence-electron chi connectivity index (χ2n) is 5.26. The summed E-state index contributed by atoms with van der Waals surface area (Å²) >= 11 is 0. The molecule has 0 aliphatic heterocycles. The highest BCUT2D eigenvalue weighted by molar-refractivity contribution is 5.82. The normalized spacial score (nSPS) is 11.2. The summed E-state index contributed by atoms with van der Waals surface area (Å²) in [6, 6.07) is 6.12. The number of rotatable bonds is 7. The number of ketones is 1. The van der Waals surface area contributed by atoms with Crippen LogP contribution in [0, 0.1) is 11.7 Å². The van der Waals surface area contributed by atoms with Crippen LogP contribution in [0.2, 0.25) is 0 Å². The van der Waals surface area contributed by atoms with E-state index in [1.807, 2.05) is 11.9 Å². The zero-order chi connectivity index (χ0) is 13.5. The second-order valence-corrected chi connectivity index (χ2v) is 5.26. The quantitative estimate of drug-likeness (QED) is 0.742. The maximum Gasteiger partial charge on any atom is 0.151 e. The lowest BCUT2D eigenvalue weighted by atomic mass is 10.1. The Balaban J connectivity index is 2.34. The number of hydrogen-bond donors (Lipinski definition) is 0. The largest absolute Gasteiger partial charge is 0.299 e. The molecule has 18 heavy (non-hydrogen) atoms. The molecular weight excluding hydrogens is 229 g/mol. The van der Waals surface area contributed by atoms with Crippen molar-refractivity contribution in [2.24, 2.45) is 5.92 Å². The number of likely N-dealkylation sites (N-methyl/N-ethyl adjacent to an activating group) is 1. The highest BCUT2D eigenvalue weighted by atomic mass is 19.1. The fourth-order valence-corrected chi connectivity index (χ4v) is 1.74. The molecule has 0 amide bonds. The molecule has 0 spiro atoms. The Bertz CT molecular complexity index is 373. The summed E-state index contributed by atoms with van der Waals surface area (Å²) in [7, 11) is 1.96. The Morgan fingerprint density at radius 1 is 1.28 bits per heavy atom. The highest BCUT2D eigenvalue weighted by Gasteiger charge is 2.08. The van der Waals surface area contributed by atoms with Gasteiger partial charge in [-0.2, -0.15) is 0 Å². The topological polar surface area (TPSA) is 20.3 Å². The summed E-state index contributed by atoms with van der Waals surface area (Å²) in [5, 5.41) is 0. The standard InChI is InChI=1S/C15H22FNO/c1-12(2)8-9-17(3)11-15(18)10-13-4-6-14(16)7-5-13/h4-7,12H,8-11H2,1-3H3. The van der Waals surface area contributed by atoms with Gasteiger partial charge in [0, 0.05) is 6.42 Å². The Labute approximate surface area is 109 Å². The van der Waals surface area contributed by atoms with Gasteiger partial charge in [0.1, 0.15) is 5.82 Å². The first kappa shape index (κ1) is 14.8. The van der Waals surface area contributed by atoms with E-state index in [4.69, 9.17) is 0 Å². The van der Waals surface area contributed by atoms with Crippen LogP contribution in [0.3, 0.4) is 0 Å². The van der Waals surface area contributed by atoms with Crippen molar-refractivity contribution in [2.45, 2.75) is 26.7 Å². The Morgan fingerprint density at radius 2 is 1.89 bits per heavy atom. The highest BCUT2D eigenvalue weighted by Crippen LogP contribution is 2.05. The number of nitrogens with zero attached hydrogens (tertiary/aromatic N) is 1. The van der Waals surface area contributed by atoms with Crippen LogP contribution in [0.1, 0.15) is 25.8 Å². The number of halogens is 1. The molecule has 0 bridgehead atoms. The molecule has 0 saturated carbocycles. The van der Waals surface area contributed by atoms with Crippen LogP contribution in [-0.2, 0) is 11.2 Å². The predicted octanol–water partition coefficient (Wildman–Crippen LogP) is 2.92. The Kier molecular flexibility index (Phi) is 5.99. The lowest BCUT2D eigenvalue weighted by Crippen LogP contribution is -2.28. The smallest absolute Gasteiger partial charge is 0.151 e. The molecule has 2 nitrogen and oxygen atoms in total. The van der Waals surface area contributed by atoms with Gasteiger partial charge in [0.25, 0.3) is 0 Å². The zero-order valence-electron chi connectivity index (χ0n) is 11.4. The minimum absolute atomic E-state index is 0.174. The van der Waals surface area contributed by atoms with Crippen LogP contribution < -0.4 is 0 Å². The van der Waals surface area contributed by atoms with Crippen molar-refractivity contribution < 1.29 is 9.18 Å². The molecule has 0 fully saturated rings. The first-order valence-electron chi connectivity index (χ1n) is 6.42. The van der Waals surface area contributed by atoms with Crippen molar-refractivity contribution in [3.05, 3.63) is 35.6 Å². The van der Waals surface area contributed by atoms with Crippen molar-refractivity contribution in [2.75, 3.05) is 20.1 Å². The fraction of sp³-hybridized carbons (Fsp3) is 0.533.